The second-order valence-electron chi connectivity index (χ2n) is 7.11. The van der Waals surface area contributed by atoms with Crippen molar-refractivity contribution in [3.8, 4) is 0 Å². The van der Waals surface area contributed by atoms with Gasteiger partial charge in [0.15, 0.2) is 0 Å². The van der Waals surface area contributed by atoms with Crippen molar-refractivity contribution in [3.63, 3.8) is 0 Å². The molecule has 8 heteroatoms. The Morgan fingerprint density at radius 3 is 1.24 bits per heavy atom. The molecule has 3 aromatic rings. The van der Waals surface area contributed by atoms with Crippen molar-refractivity contribution in [2.24, 2.45) is 0 Å². The molecular weight excluding hydrogens is 436 g/mol. The van der Waals surface area contributed by atoms with Crippen molar-refractivity contribution in [2.45, 2.75) is 0 Å². The molecule has 0 unspecified atom stereocenters. The van der Waals surface area contributed by atoms with Crippen LogP contribution in [0.25, 0.3) is 12.2 Å². The van der Waals surface area contributed by atoms with Crippen LogP contribution < -0.4 is 10.6 Å². The maximum absolute atomic E-state index is 12.6. The zero-order valence-electron chi connectivity index (χ0n) is 17.9. The van der Waals surface area contributed by atoms with E-state index in [2.05, 4.69) is 23.8 Å². The van der Waals surface area contributed by atoms with Gasteiger partial charge in [0.2, 0.25) is 0 Å². The quantitative estimate of drug-likeness (QED) is 0.382. The Morgan fingerprint density at radius 1 is 0.588 bits per heavy atom. The summed E-state index contributed by atoms with van der Waals surface area (Å²) in [5.74, 6) is -3.71. The number of rotatable bonds is 8. The first-order valence-corrected chi connectivity index (χ1v) is 9.95. The third-order valence-corrected chi connectivity index (χ3v) is 4.91. The van der Waals surface area contributed by atoms with Crippen molar-refractivity contribution in [1.29, 1.82) is 0 Å². The second kappa shape index (κ2) is 10.1. The average molecular weight is 456 g/mol. The highest BCUT2D eigenvalue weighted by atomic mass is 16.4. The van der Waals surface area contributed by atoms with Crippen LogP contribution in [-0.4, -0.2) is 34.0 Å². The minimum Gasteiger partial charge on any atom is -0.478 e. The van der Waals surface area contributed by atoms with Gasteiger partial charge in [0, 0.05) is 11.4 Å². The molecule has 2 amide bonds. The van der Waals surface area contributed by atoms with Crippen LogP contribution in [0.1, 0.15) is 52.6 Å². The third kappa shape index (κ3) is 5.25. The first-order chi connectivity index (χ1) is 16.2. The smallest absolute Gasteiger partial charge is 0.336 e. The number of hydrogen-bond donors (Lipinski definition) is 4. The first-order valence-electron chi connectivity index (χ1n) is 9.95. The Labute approximate surface area is 194 Å². The fourth-order valence-electron chi connectivity index (χ4n) is 3.16. The lowest BCUT2D eigenvalue weighted by molar-refractivity contribution is 0.0683. The predicted octanol–water partition coefficient (Wildman–Crippen LogP) is 4.87. The Bertz CT molecular complexity index is 1220. The molecule has 4 N–H and O–H groups in total. The fraction of sp³-hybridized carbons (Fsp3) is 0. The predicted molar refractivity (Wildman–Crippen MR) is 129 cm³/mol. The first kappa shape index (κ1) is 23.7. The van der Waals surface area contributed by atoms with E-state index in [1.807, 2.05) is 0 Å². The number of carboxylic acid groups (broad SMARTS) is 2. The number of carbonyl (C=O) groups is 4. The summed E-state index contributed by atoms with van der Waals surface area (Å²) in [6, 6.07) is 14.8. The van der Waals surface area contributed by atoms with Gasteiger partial charge in [-0.3, -0.25) is 9.59 Å². The number of nitrogens with one attached hydrogen (secondary N) is 2. The Hall–Kier alpha value is -4.98. The number of aromatic carboxylic acids is 2. The standard InChI is InChI=1S/C26H20N2O6/c1-3-15-5-11-19(21(13-15)25(31)32)23(29)27-17-7-9-18(10-8-17)28-24(30)20-12-6-16(4-2)14-22(20)26(33)34/h3-14H,1-2H2,(H,27,29)(H,28,30)(H,31,32)(H,33,34). The molecule has 0 fully saturated rings. The molecule has 0 atom stereocenters. The fourth-order valence-corrected chi connectivity index (χ4v) is 3.16. The summed E-state index contributed by atoms with van der Waals surface area (Å²) in [5, 5.41) is 24.0. The molecule has 0 aliphatic rings. The highest BCUT2D eigenvalue weighted by Gasteiger charge is 2.18. The average Bonchev–Trinajstić information content (AvgIpc) is 2.84. The normalized spacial score (nSPS) is 10.1. The maximum atomic E-state index is 12.6. The van der Waals surface area contributed by atoms with E-state index in [1.165, 1.54) is 60.7 Å². The van der Waals surface area contributed by atoms with E-state index in [4.69, 9.17) is 0 Å². The highest BCUT2D eigenvalue weighted by molar-refractivity contribution is 6.12. The Morgan fingerprint density at radius 2 is 0.941 bits per heavy atom. The van der Waals surface area contributed by atoms with Crippen molar-refractivity contribution in [1.82, 2.24) is 0 Å². The molecule has 0 aliphatic carbocycles. The van der Waals surface area contributed by atoms with Gasteiger partial charge in [-0.15, -0.1) is 0 Å². The second-order valence-corrected chi connectivity index (χ2v) is 7.11. The van der Waals surface area contributed by atoms with E-state index in [0.717, 1.165) is 0 Å². The molecule has 0 spiro atoms. The molecule has 170 valence electrons. The van der Waals surface area contributed by atoms with Crippen LogP contribution in [0.4, 0.5) is 11.4 Å². The summed E-state index contributed by atoms with van der Waals surface area (Å²) in [5.41, 5.74) is 1.53. The molecule has 0 aliphatic heterocycles. The minimum absolute atomic E-state index is 0.0142. The topological polar surface area (TPSA) is 133 Å². The summed E-state index contributed by atoms with van der Waals surface area (Å²) in [6.07, 6.45) is 2.96. The molecular formula is C26H20N2O6. The number of hydrogen-bond acceptors (Lipinski definition) is 4. The largest absolute Gasteiger partial charge is 0.478 e. The lowest BCUT2D eigenvalue weighted by Crippen LogP contribution is -2.17. The Balaban J connectivity index is 1.75. The van der Waals surface area contributed by atoms with Gasteiger partial charge in [-0.25, -0.2) is 9.59 Å². The zero-order chi connectivity index (χ0) is 24.8. The maximum Gasteiger partial charge on any atom is 0.336 e. The van der Waals surface area contributed by atoms with E-state index >= 15 is 0 Å². The van der Waals surface area contributed by atoms with E-state index in [-0.39, 0.29) is 22.3 Å². The van der Waals surface area contributed by atoms with E-state index < -0.39 is 23.8 Å². The van der Waals surface area contributed by atoms with Gasteiger partial charge < -0.3 is 20.8 Å². The van der Waals surface area contributed by atoms with Gasteiger partial charge in [0.05, 0.1) is 22.3 Å². The molecule has 3 rings (SSSR count). The van der Waals surface area contributed by atoms with Crippen molar-refractivity contribution in [3.05, 3.63) is 107 Å². The van der Waals surface area contributed by atoms with Gasteiger partial charge >= 0.3 is 11.9 Å². The molecule has 0 saturated heterocycles. The summed E-state index contributed by atoms with van der Waals surface area (Å²) >= 11 is 0. The third-order valence-electron chi connectivity index (χ3n) is 4.91. The zero-order valence-corrected chi connectivity index (χ0v) is 17.9. The van der Waals surface area contributed by atoms with Crippen LogP contribution in [-0.2, 0) is 0 Å². The summed E-state index contributed by atoms with van der Waals surface area (Å²) in [7, 11) is 0. The van der Waals surface area contributed by atoms with Crippen molar-refractivity contribution >= 4 is 47.3 Å². The molecule has 8 nitrogen and oxygen atoms in total. The summed E-state index contributed by atoms with van der Waals surface area (Å²) in [6.45, 7) is 7.17. The van der Waals surface area contributed by atoms with Gasteiger partial charge in [0.1, 0.15) is 0 Å². The van der Waals surface area contributed by atoms with Crippen LogP contribution in [0.2, 0.25) is 0 Å². The van der Waals surface area contributed by atoms with Crippen LogP contribution in [0, 0.1) is 0 Å². The molecule has 34 heavy (non-hydrogen) atoms. The number of benzene rings is 3. The molecule has 0 aromatic heterocycles. The number of carbonyl (C=O) groups excluding carboxylic acids is 2. The van der Waals surface area contributed by atoms with Gasteiger partial charge in [-0.1, -0.05) is 37.4 Å². The van der Waals surface area contributed by atoms with Gasteiger partial charge in [-0.05, 0) is 59.7 Å². The lowest BCUT2D eigenvalue weighted by atomic mass is 10.0. The molecule has 3 aromatic carbocycles. The molecule has 0 saturated carbocycles. The molecule has 0 bridgehead atoms. The van der Waals surface area contributed by atoms with E-state index in [0.29, 0.717) is 22.5 Å². The number of carboxylic acids is 2. The highest BCUT2D eigenvalue weighted by Crippen LogP contribution is 2.20. The van der Waals surface area contributed by atoms with Crippen LogP contribution in [0.3, 0.4) is 0 Å². The van der Waals surface area contributed by atoms with Crippen molar-refractivity contribution < 1.29 is 29.4 Å². The van der Waals surface area contributed by atoms with Gasteiger partial charge in [-0.2, -0.15) is 0 Å². The number of amides is 2. The minimum atomic E-state index is -1.24. The van der Waals surface area contributed by atoms with E-state index in [1.54, 1.807) is 12.1 Å². The van der Waals surface area contributed by atoms with Gasteiger partial charge in [0.25, 0.3) is 11.8 Å². The Kier molecular flexibility index (Phi) is 7.03. The molecule has 0 heterocycles. The van der Waals surface area contributed by atoms with E-state index in [9.17, 15) is 29.4 Å². The molecule has 0 radical (unpaired) electrons. The van der Waals surface area contributed by atoms with Crippen LogP contribution >= 0.6 is 0 Å². The SMILES string of the molecule is C=Cc1ccc(C(=O)Nc2ccc(NC(=O)c3ccc(C=C)cc3C(=O)O)cc2)c(C(=O)O)c1. The van der Waals surface area contributed by atoms with Crippen molar-refractivity contribution in [2.75, 3.05) is 10.6 Å². The number of anilines is 2. The summed E-state index contributed by atoms with van der Waals surface area (Å²) < 4.78 is 0. The lowest BCUT2D eigenvalue weighted by Gasteiger charge is -2.11. The summed E-state index contributed by atoms with van der Waals surface area (Å²) in [4.78, 5) is 48.2. The van der Waals surface area contributed by atoms with Crippen LogP contribution in [0.5, 0.6) is 0 Å². The van der Waals surface area contributed by atoms with Crippen LogP contribution in [0.15, 0.2) is 73.8 Å². The monoisotopic (exact) mass is 456 g/mol.